The summed E-state index contributed by atoms with van der Waals surface area (Å²) in [6.45, 7) is 6.34. The van der Waals surface area contributed by atoms with E-state index in [-0.39, 0.29) is 13.2 Å². The topological polar surface area (TPSA) is 90.3 Å². The quantitative estimate of drug-likeness (QED) is 0.574. The molecule has 0 aliphatic rings. The number of nitrogens with zero attached hydrogens (tertiary/aromatic N) is 2. The first-order valence-electron chi connectivity index (χ1n) is 6.12. The summed E-state index contributed by atoms with van der Waals surface area (Å²) in [4.78, 5) is 8.30. The highest BCUT2D eigenvalue weighted by Gasteiger charge is 2.19. The van der Waals surface area contributed by atoms with Crippen LogP contribution in [0, 0.1) is 6.92 Å². The third kappa shape index (κ3) is 4.12. The van der Waals surface area contributed by atoms with Gasteiger partial charge in [-0.1, -0.05) is 6.92 Å². The first kappa shape index (κ1) is 14.7. The SMILES string of the molecule is CCCNc1ncnc(NCC(C)(O)CO)c1C. The molecule has 0 radical (unpaired) electrons. The average molecular weight is 254 g/mol. The maximum atomic E-state index is 9.71. The van der Waals surface area contributed by atoms with Crippen LogP contribution in [0.5, 0.6) is 0 Å². The van der Waals surface area contributed by atoms with Crippen molar-refractivity contribution in [3.8, 4) is 0 Å². The highest BCUT2D eigenvalue weighted by molar-refractivity contribution is 5.56. The Morgan fingerprint density at radius 2 is 1.89 bits per heavy atom. The summed E-state index contributed by atoms with van der Waals surface area (Å²) in [5, 5.41) is 24.9. The van der Waals surface area contributed by atoms with Crippen molar-refractivity contribution in [3.63, 3.8) is 0 Å². The van der Waals surface area contributed by atoms with Crippen LogP contribution in [0.3, 0.4) is 0 Å². The molecule has 4 N–H and O–H groups in total. The average Bonchev–Trinajstić information content (AvgIpc) is 2.36. The number of hydrogen-bond donors (Lipinski definition) is 4. The number of nitrogens with one attached hydrogen (secondary N) is 2. The first-order chi connectivity index (χ1) is 8.50. The van der Waals surface area contributed by atoms with Crippen molar-refractivity contribution in [2.75, 3.05) is 30.3 Å². The summed E-state index contributed by atoms with van der Waals surface area (Å²) in [6, 6.07) is 0. The molecule has 0 saturated carbocycles. The molecule has 0 aliphatic heterocycles. The molecule has 1 unspecified atom stereocenters. The lowest BCUT2D eigenvalue weighted by molar-refractivity contribution is 0.0131. The molecule has 0 saturated heterocycles. The van der Waals surface area contributed by atoms with Crippen molar-refractivity contribution in [1.29, 1.82) is 0 Å². The van der Waals surface area contributed by atoms with Crippen LogP contribution in [0.2, 0.25) is 0 Å². The molecule has 1 aromatic heterocycles. The van der Waals surface area contributed by atoms with Gasteiger partial charge in [0.1, 0.15) is 23.6 Å². The summed E-state index contributed by atoms with van der Waals surface area (Å²) in [6.07, 6.45) is 2.49. The van der Waals surface area contributed by atoms with Crippen LogP contribution >= 0.6 is 0 Å². The molecule has 0 aliphatic carbocycles. The summed E-state index contributed by atoms with van der Waals surface area (Å²) in [5.41, 5.74) is -0.256. The van der Waals surface area contributed by atoms with Crippen LogP contribution < -0.4 is 10.6 Å². The highest BCUT2D eigenvalue weighted by atomic mass is 16.3. The van der Waals surface area contributed by atoms with Gasteiger partial charge in [0.25, 0.3) is 0 Å². The normalized spacial score (nSPS) is 14.1. The number of aliphatic hydroxyl groups is 2. The van der Waals surface area contributed by atoms with E-state index in [1.54, 1.807) is 6.92 Å². The molecular formula is C12H22N4O2. The highest BCUT2D eigenvalue weighted by Crippen LogP contribution is 2.18. The Kier molecular flexibility index (Phi) is 5.30. The Morgan fingerprint density at radius 3 is 2.44 bits per heavy atom. The van der Waals surface area contributed by atoms with E-state index in [2.05, 4.69) is 27.5 Å². The van der Waals surface area contributed by atoms with Gasteiger partial charge in [0.2, 0.25) is 0 Å². The molecule has 0 bridgehead atoms. The number of anilines is 2. The lowest BCUT2D eigenvalue weighted by Crippen LogP contribution is -2.37. The molecule has 0 spiro atoms. The van der Waals surface area contributed by atoms with Gasteiger partial charge in [0.05, 0.1) is 6.61 Å². The van der Waals surface area contributed by atoms with E-state index in [1.165, 1.54) is 6.33 Å². The predicted molar refractivity (Wildman–Crippen MR) is 71.7 cm³/mol. The van der Waals surface area contributed by atoms with Crippen LogP contribution in [0.4, 0.5) is 11.6 Å². The number of hydrogen-bond acceptors (Lipinski definition) is 6. The third-order valence-corrected chi connectivity index (χ3v) is 2.60. The fourth-order valence-electron chi connectivity index (χ4n) is 1.38. The van der Waals surface area contributed by atoms with E-state index in [9.17, 15) is 5.11 Å². The molecule has 0 amide bonds. The van der Waals surface area contributed by atoms with E-state index in [4.69, 9.17) is 5.11 Å². The summed E-state index contributed by atoms with van der Waals surface area (Å²) >= 11 is 0. The minimum atomic E-state index is -1.16. The Hall–Kier alpha value is -1.40. The maximum absolute atomic E-state index is 9.71. The van der Waals surface area contributed by atoms with E-state index in [0.717, 1.165) is 24.3 Å². The third-order valence-electron chi connectivity index (χ3n) is 2.60. The van der Waals surface area contributed by atoms with E-state index in [1.807, 2.05) is 6.92 Å². The van der Waals surface area contributed by atoms with E-state index < -0.39 is 5.60 Å². The lowest BCUT2D eigenvalue weighted by atomic mass is 10.1. The summed E-state index contributed by atoms with van der Waals surface area (Å²) in [5.74, 6) is 1.45. The molecule has 6 nitrogen and oxygen atoms in total. The second kappa shape index (κ2) is 6.51. The summed E-state index contributed by atoms with van der Waals surface area (Å²) in [7, 11) is 0. The van der Waals surface area contributed by atoms with Crippen LogP contribution in [-0.2, 0) is 0 Å². The Morgan fingerprint density at radius 1 is 1.28 bits per heavy atom. The van der Waals surface area contributed by atoms with Gasteiger partial charge in [-0.05, 0) is 20.3 Å². The Labute approximate surface area is 107 Å². The van der Waals surface area contributed by atoms with Crippen molar-refractivity contribution < 1.29 is 10.2 Å². The van der Waals surface area contributed by atoms with Gasteiger partial charge >= 0.3 is 0 Å². The van der Waals surface area contributed by atoms with Crippen LogP contribution in [0.15, 0.2) is 6.33 Å². The molecule has 102 valence electrons. The zero-order valence-corrected chi connectivity index (χ0v) is 11.2. The van der Waals surface area contributed by atoms with Gasteiger partial charge in [-0.3, -0.25) is 0 Å². The first-order valence-corrected chi connectivity index (χ1v) is 6.12. The molecule has 1 aromatic rings. The smallest absolute Gasteiger partial charge is 0.134 e. The molecule has 18 heavy (non-hydrogen) atoms. The van der Waals surface area contributed by atoms with Crippen molar-refractivity contribution in [2.24, 2.45) is 0 Å². The van der Waals surface area contributed by atoms with Gasteiger partial charge in [-0.2, -0.15) is 0 Å². The van der Waals surface area contributed by atoms with E-state index >= 15 is 0 Å². The second-order valence-electron chi connectivity index (χ2n) is 4.63. The summed E-state index contributed by atoms with van der Waals surface area (Å²) < 4.78 is 0. The standard InChI is InChI=1S/C12H22N4O2/c1-4-5-13-10-9(2)11(16-8-15-10)14-6-12(3,18)7-17/h8,17-18H,4-7H2,1-3H3,(H2,13,14,15,16). The van der Waals surface area contributed by atoms with Gasteiger partial charge in [0.15, 0.2) is 0 Å². The maximum Gasteiger partial charge on any atom is 0.134 e. The predicted octanol–water partition coefficient (Wildman–Crippen LogP) is 0.762. The Bertz CT molecular complexity index is 382. The second-order valence-corrected chi connectivity index (χ2v) is 4.63. The Balaban J connectivity index is 2.71. The van der Waals surface area contributed by atoms with Crippen LogP contribution in [-0.4, -0.2) is 45.5 Å². The van der Waals surface area contributed by atoms with Gasteiger partial charge in [-0.15, -0.1) is 0 Å². The van der Waals surface area contributed by atoms with Gasteiger partial charge < -0.3 is 20.8 Å². The fourth-order valence-corrected chi connectivity index (χ4v) is 1.38. The lowest BCUT2D eigenvalue weighted by Gasteiger charge is -2.22. The van der Waals surface area contributed by atoms with Crippen molar-refractivity contribution in [3.05, 3.63) is 11.9 Å². The van der Waals surface area contributed by atoms with Crippen molar-refractivity contribution in [2.45, 2.75) is 32.8 Å². The molecule has 1 rings (SSSR count). The molecule has 1 atom stereocenters. The molecule has 6 heteroatoms. The minimum absolute atomic E-state index is 0.231. The zero-order valence-electron chi connectivity index (χ0n) is 11.2. The van der Waals surface area contributed by atoms with Gasteiger partial charge in [0, 0.05) is 18.7 Å². The fraction of sp³-hybridized carbons (Fsp3) is 0.667. The molecular weight excluding hydrogens is 232 g/mol. The van der Waals surface area contributed by atoms with Crippen molar-refractivity contribution in [1.82, 2.24) is 9.97 Å². The van der Waals surface area contributed by atoms with Crippen LogP contribution in [0.25, 0.3) is 0 Å². The van der Waals surface area contributed by atoms with Crippen molar-refractivity contribution >= 4 is 11.6 Å². The largest absolute Gasteiger partial charge is 0.393 e. The monoisotopic (exact) mass is 254 g/mol. The number of aromatic nitrogens is 2. The zero-order chi connectivity index (χ0) is 13.6. The number of rotatable bonds is 7. The molecule has 1 heterocycles. The van der Waals surface area contributed by atoms with E-state index in [0.29, 0.717) is 5.82 Å². The minimum Gasteiger partial charge on any atom is -0.393 e. The number of aliphatic hydroxyl groups excluding tert-OH is 1. The van der Waals surface area contributed by atoms with Gasteiger partial charge in [-0.25, -0.2) is 9.97 Å². The molecule has 0 fully saturated rings. The van der Waals surface area contributed by atoms with Crippen LogP contribution in [0.1, 0.15) is 25.8 Å². The molecule has 0 aromatic carbocycles.